The van der Waals surface area contributed by atoms with E-state index in [0.29, 0.717) is 0 Å². The van der Waals surface area contributed by atoms with E-state index in [-0.39, 0.29) is 6.61 Å². The van der Waals surface area contributed by atoms with Gasteiger partial charge in [0.15, 0.2) is 0 Å². The Balaban J connectivity index is 2.57. The summed E-state index contributed by atoms with van der Waals surface area (Å²) in [5, 5.41) is 15.8. The van der Waals surface area contributed by atoms with E-state index in [0.717, 1.165) is 5.69 Å². The van der Waals surface area contributed by atoms with Crippen LogP contribution in [0.2, 0.25) is 0 Å². The van der Waals surface area contributed by atoms with Gasteiger partial charge in [-0.1, -0.05) is 0 Å². The van der Waals surface area contributed by atoms with Crippen molar-refractivity contribution < 1.29 is 14.6 Å². The minimum atomic E-state index is -0.714. The monoisotopic (exact) mass is 243 g/mol. The normalized spacial score (nSPS) is 13.2. The molecule has 0 aliphatic carbocycles. The second kappa shape index (κ2) is 5.32. The smallest absolute Gasteiger partial charge is 0.331 e. The Morgan fingerprint density at radius 1 is 1.62 bits per heavy atom. The Morgan fingerprint density at radius 3 is 2.75 bits per heavy atom. The zero-order valence-corrected chi connectivity index (χ0v) is 10.5. The summed E-state index contributed by atoms with van der Waals surface area (Å²) >= 11 is 1.52. The molecule has 0 aliphatic rings. The van der Waals surface area contributed by atoms with Gasteiger partial charge in [-0.3, -0.25) is 0 Å². The van der Waals surface area contributed by atoms with Crippen LogP contribution in [0, 0.1) is 0 Å². The van der Waals surface area contributed by atoms with E-state index in [2.05, 4.69) is 5.32 Å². The Morgan fingerprint density at radius 2 is 2.31 bits per heavy atom. The summed E-state index contributed by atoms with van der Waals surface area (Å²) in [6.45, 7) is 5.10. The summed E-state index contributed by atoms with van der Waals surface area (Å²) in [5.41, 5.74) is 0.274. The molecule has 2 N–H and O–H groups in total. The molecule has 4 nitrogen and oxygen atoms in total. The summed E-state index contributed by atoms with van der Waals surface area (Å²) in [6.07, 6.45) is 0. The number of nitrogens with one attached hydrogen (secondary N) is 1. The Bertz CT molecular complexity index is 329. The third-order valence-electron chi connectivity index (χ3n) is 1.74. The number of anilines is 1. The number of thiophene rings is 1. The van der Waals surface area contributed by atoms with Crippen molar-refractivity contribution >= 4 is 23.0 Å². The number of rotatable bonds is 4. The number of hydrogen-bond acceptors (Lipinski definition) is 5. The van der Waals surface area contributed by atoms with E-state index in [1.165, 1.54) is 11.3 Å². The van der Waals surface area contributed by atoms with Gasteiger partial charge in [0.05, 0.1) is 6.61 Å². The number of aliphatic hydroxyl groups excluding tert-OH is 1. The molecular formula is C11H17NO3S. The molecule has 1 rings (SSSR count). The summed E-state index contributed by atoms with van der Waals surface area (Å²) in [7, 11) is 0. The van der Waals surface area contributed by atoms with Crippen LogP contribution in [0.15, 0.2) is 16.8 Å². The fourth-order valence-corrected chi connectivity index (χ4v) is 1.70. The van der Waals surface area contributed by atoms with Crippen LogP contribution in [-0.4, -0.2) is 29.3 Å². The third kappa shape index (κ3) is 4.20. The number of esters is 1. The van der Waals surface area contributed by atoms with Crippen molar-refractivity contribution in [1.82, 2.24) is 0 Å². The predicted molar refractivity (Wildman–Crippen MR) is 64.7 cm³/mol. The van der Waals surface area contributed by atoms with Gasteiger partial charge in [-0.2, -0.15) is 11.3 Å². The number of aliphatic hydroxyl groups is 1. The van der Waals surface area contributed by atoms with Crippen LogP contribution < -0.4 is 5.32 Å². The SMILES string of the molecule is CC(C)(C)OC(=O)[C@H](CO)Nc1ccsc1. The molecule has 0 fully saturated rings. The van der Waals surface area contributed by atoms with Crippen LogP contribution in [-0.2, 0) is 9.53 Å². The lowest BCUT2D eigenvalue weighted by Crippen LogP contribution is -2.38. The highest BCUT2D eigenvalue weighted by atomic mass is 32.1. The molecule has 90 valence electrons. The maximum absolute atomic E-state index is 11.7. The van der Waals surface area contributed by atoms with Crippen molar-refractivity contribution in [2.45, 2.75) is 32.4 Å². The van der Waals surface area contributed by atoms with Crippen LogP contribution >= 0.6 is 11.3 Å². The lowest BCUT2D eigenvalue weighted by molar-refractivity contribution is -0.156. The molecule has 1 aromatic heterocycles. The molecule has 0 saturated carbocycles. The van der Waals surface area contributed by atoms with Gasteiger partial charge in [-0.05, 0) is 32.2 Å². The molecule has 1 atom stereocenters. The number of ether oxygens (including phenoxy) is 1. The quantitative estimate of drug-likeness (QED) is 0.793. The van der Waals surface area contributed by atoms with Crippen molar-refractivity contribution in [2.75, 3.05) is 11.9 Å². The predicted octanol–water partition coefficient (Wildman–Crippen LogP) is 1.86. The van der Waals surface area contributed by atoms with E-state index >= 15 is 0 Å². The average Bonchev–Trinajstić information content (AvgIpc) is 2.63. The first kappa shape index (κ1) is 13.0. The summed E-state index contributed by atoms with van der Waals surface area (Å²) in [4.78, 5) is 11.7. The zero-order chi connectivity index (χ0) is 12.2. The second-order valence-electron chi connectivity index (χ2n) is 4.42. The second-order valence-corrected chi connectivity index (χ2v) is 5.21. The first-order valence-electron chi connectivity index (χ1n) is 5.05. The highest BCUT2D eigenvalue weighted by molar-refractivity contribution is 7.08. The van der Waals surface area contributed by atoms with Gasteiger partial charge < -0.3 is 15.2 Å². The molecule has 5 heteroatoms. The molecule has 0 radical (unpaired) electrons. The number of carbonyl (C=O) groups is 1. The maximum atomic E-state index is 11.7. The van der Waals surface area contributed by atoms with Crippen LogP contribution in [0.5, 0.6) is 0 Å². The van der Waals surface area contributed by atoms with Crippen molar-refractivity contribution in [2.24, 2.45) is 0 Å². The standard InChI is InChI=1S/C11H17NO3S/c1-11(2,3)15-10(14)9(6-13)12-8-4-5-16-7-8/h4-5,7,9,12-13H,6H2,1-3H3/t9-/m0/s1. The lowest BCUT2D eigenvalue weighted by Gasteiger charge is -2.23. The van der Waals surface area contributed by atoms with E-state index in [4.69, 9.17) is 9.84 Å². The van der Waals surface area contributed by atoms with Gasteiger partial charge >= 0.3 is 5.97 Å². The third-order valence-corrected chi connectivity index (χ3v) is 2.42. The lowest BCUT2D eigenvalue weighted by atomic mass is 10.2. The van der Waals surface area contributed by atoms with Gasteiger partial charge in [-0.25, -0.2) is 4.79 Å². The van der Waals surface area contributed by atoms with Gasteiger partial charge in [0.25, 0.3) is 0 Å². The molecule has 1 heterocycles. The van der Waals surface area contributed by atoms with Gasteiger partial charge in [0.2, 0.25) is 0 Å². The van der Waals surface area contributed by atoms with Gasteiger partial charge in [0.1, 0.15) is 11.6 Å². The molecule has 0 saturated heterocycles. The fourth-order valence-electron chi connectivity index (χ4n) is 1.10. The van der Waals surface area contributed by atoms with E-state index in [9.17, 15) is 4.79 Å². The van der Waals surface area contributed by atoms with Crippen LogP contribution in [0.3, 0.4) is 0 Å². The molecule has 0 aliphatic heterocycles. The zero-order valence-electron chi connectivity index (χ0n) is 9.69. The van der Waals surface area contributed by atoms with E-state index in [1.807, 2.05) is 16.8 Å². The fraction of sp³-hybridized carbons (Fsp3) is 0.545. The van der Waals surface area contributed by atoms with E-state index < -0.39 is 17.6 Å². The van der Waals surface area contributed by atoms with Gasteiger partial charge in [0, 0.05) is 11.1 Å². The van der Waals surface area contributed by atoms with Crippen LogP contribution in [0.1, 0.15) is 20.8 Å². The number of carbonyl (C=O) groups excluding carboxylic acids is 1. The van der Waals surface area contributed by atoms with Crippen LogP contribution in [0.4, 0.5) is 5.69 Å². The molecule has 0 bridgehead atoms. The van der Waals surface area contributed by atoms with Crippen LogP contribution in [0.25, 0.3) is 0 Å². The largest absolute Gasteiger partial charge is 0.458 e. The van der Waals surface area contributed by atoms with Crippen molar-refractivity contribution in [3.05, 3.63) is 16.8 Å². The minimum Gasteiger partial charge on any atom is -0.458 e. The highest BCUT2D eigenvalue weighted by Gasteiger charge is 2.24. The Hall–Kier alpha value is -1.07. The van der Waals surface area contributed by atoms with Crippen molar-refractivity contribution in [3.63, 3.8) is 0 Å². The Kier molecular flexibility index (Phi) is 4.32. The first-order chi connectivity index (χ1) is 7.42. The molecule has 0 unspecified atom stereocenters. The first-order valence-corrected chi connectivity index (χ1v) is 5.99. The molecule has 1 aromatic rings. The highest BCUT2D eigenvalue weighted by Crippen LogP contribution is 2.15. The molecule has 16 heavy (non-hydrogen) atoms. The van der Waals surface area contributed by atoms with Crippen molar-refractivity contribution in [1.29, 1.82) is 0 Å². The molecule has 0 spiro atoms. The molecular weight excluding hydrogens is 226 g/mol. The molecule has 0 amide bonds. The van der Waals surface area contributed by atoms with Crippen molar-refractivity contribution in [3.8, 4) is 0 Å². The van der Waals surface area contributed by atoms with Gasteiger partial charge in [-0.15, -0.1) is 0 Å². The van der Waals surface area contributed by atoms with E-state index in [1.54, 1.807) is 20.8 Å². The minimum absolute atomic E-state index is 0.287. The topological polar surface area (TPSA) is 58.6 Å². The average molecular weight is 243 g/mol. The summed E-state index contributed by atoms with van der Waals surface area (Å²) in [6, 6.07) is 1.13. The molecule has 0 aromatic carbocycles. The summed E-state index contributed by atoms with van der Waals surface area (Å²) in [5.74, 6) is -0.443. The Labute approximate surface area is 99.2 Å². The maximum Gasteiger partial charge on any atom is 0.331 e. The summed E-state index contributed by atoms with van der Waals surface area (Å²) < 4.78 is 5.18. The number of hydrogen-bond donors (Lipinski definition) is 2.